The fourth-order valence-corrected chi connectivity index (χ4v) is 2.86. The van der Waals surface area contributed by atoms with E-state index >= 15 is 0 Å². The average molecular weight is 399 g/mol. The van der Waals surface area contributed by atoms with Gasteiger partial charge in [0.15, 0.2) is 0 Å². The average Bonchev–Trinajstić information content (AvgIpc) is 2.67. The lowest BCUT2D eigenvalue weighted by molar-refractivity contribution is -0.114. The summed E-state index contributed by atoms with van der Waals surface area (Å²) in [5.41, 5.74) is 2.96. The zero-order chi connectivity index (χ0) is 19.9. The number of hydrogen-bond acceptors (Lipinski definition) is 3. The summed E-state index contributed by atoms with van der Waals surface area (Å²) in [4.78, 5) is 11.1. The molecule has 0 fully saturated rings. The first kappa shape index (κ1) is 19.7. The summed E-state index contributed by atoms with van der Waals surface area (Å²) >= 11 is 6.13. The Morgan fingerprint density at radius 3 is 2.43 bits per heavy atom. The normalized spacial score (nSPS) is 10.4. The topological polar surface area (TPSA) is 50.4 Å². The number of benzene rings is 3. The van der Waals surface area contributed by atoms with E-state index in [1.165, 1.54) is 13.0 Å². The van der Waals surface area contributed by atoms with Crippen molar-refractivity contribution in [2.75, 3.05) is 10.6 Å². The summed E-state index contributed by atoms with van der Waals surface area (Å²) < 4.78 is 19.6. The van der Waals surface area contributed by atoms with E-state index in [4.69, 9.17) is 16.3 Å². The molecule has 6 heteroatoms. The van der Waals surface area contributed by atoms with Gasteiger partial charge in [0.1, 0.15) is 18.2 Å². The Balaban J connectivity index is 1.67. The van der Waals surface area contributed by atoms with E-state index in [1.54, 1.807) is 30.3 Å². The Hall–Kier alpha value is -3.05. The van der Waals surface area contributed by atoms with Crippen LogP contribution in [0.4, 0.5) is 15.8 Å². The molecule has 0 saturated carbocycles. The van der Waals surface area contributed by atoms with Gasteiger partial charge < -0.3 is 15.4 Å². The van der Waals surface area contributed by atoms with E-state index in [0.717, 1.165) is 16.9 Å². The monoisotopic (exact) mass is 398 g/mol. The van der Waals surface area contributed by atoms with Gasteiger partial charge in [-0.05, 0) is 48.5 Å². The van der Waals surface area contributed by atoms with Crippen molar-refractivity contribution in [1.82, 2.24) is 0 Å². The molecule has 3 aromatic rings. The minimum Gasteiger partial charge on any atom is -0.488 e. The summed E-state index contributed by atoms with van der Waals surface area (Å²) in [5.74, 6) is 0.224. The van der Waals surface area contributed by atoms with Gasteiger partial charge in [-0.15, -0.1) is 0 Å². The maximum Gasteiger partial charge on any atom is 0.221 e. The molecular weight excluding hydrogens is 379 g/mol. The lowest BCUT2D eigenvalue weighted by Gasteiger charge is -2.14. The number of anilines is 2. The highest BCUT2D eigenvalue weighted by molar-refractivity contribution is 6.30. The molecule has 0 heterocycles. The zero-order valence-corrected chi connectivity index (χ0v) is 16.1. The van der Waals surface area contributed by atoms with Gasteiger partial charge >= 0.3 is 0 Å². The fraction of sp³-hybridized carbons (Fsp3) is 0.136. The molecule has 28 heavy (non-hydrogen) atoms. The van der Waals surface area contributed by atoms with Crippen LogP contribution in [-0.2, 0) is 17.9 Å². The third kappa shape index (κ3) is 5.47. The molecule has 1 amide bonds. The second kappa shape index (κ2) is 9.24. The molecule has 0 aliphatic heterocycles. The number of carbonyl (C=O) groups excluding carboxylic acids is 1. The number of ether oxygens (including phenoxy) is 1. The predicted molar refractivity (Wildman–Crippen MR) is 110 cm³/mol. The first-order valence-electron chi connectivity index (χ1n) is 8.77. The van der Waals surface area contributed by atoms with E-state index in [-0.39, 0.29) is 18.3 Å². The second-order valence-electron chi connectivity index (χ2n) is 6.24. The smallest absolute Gasteiger partial charge is 0.221 e. The molecule has 0 radical (unpaired) electrons. The number of nitrogens with one attached hydrogen (secondary N) is 2. The van der Waals surface area contributed by atoms with Crippen LogP contribution in [0, 0.1) is 5.82 Å². The van der Waals surface area contributed by atoms with Crippen molar-refractivity contribution >= 4 is 28.9 Å². The summed E-state index contributed by atoms with van der Waals surface area (Å²) in [7, 11) is 0. The largest absolute Gasteiger partial charge is 0.488 e. The fourth-order valence-electron chi connectivity index (χ4n) is 2.67. The van der Waals surface area contributed by atoms with Crippen LogP contribution in [0.5, 0.6) is 5.75 Å². The van der Waals surface area contributed by atoms with E-state index in [2.05, 4.69) is 10.6 Å². The van der Waals surface area contributed by atoms with Gasteiger partial charge in [-0.1, -0.05) is 29.8 Å². The van der Waals surface area contributed by atoms with E-state index in [9.17, 15) is 9.18 Å². The maximum absolute atomic E-state index is 13.8. The molecule has 0 unspecified atom stereocenters. The molecule has 0 aliphatic rings. The number of amides is 1. The molecule has 0 atom stereocenters. The van der Waals surface area contributed by atoms with Crippen LogP contribution in [0.15, 0.2) is 66.7 Å². The molecule has 4 nitrogen and oxygen atoms in total. The minimum atomic E-state index is -0.296. The van der Waals surface area contributed by atoms with Gasteiger partial charge in [-0.2, -0.15) is 0 Å². The van der Waals surface area contributed by atoms with Crippen LogP contribution in [0.25, 0.3) is 0 Å². The number of carbonyl (C=O) groups is 1. The van der Waals surface area contributed by atoms with Crippen molar-refractivity contribution in [1.29, 1.82) is 0 Å². The first-order chi connectivity index (χ1) is 13.5. The lowest BCUT2D eigenvalue weighted by Crippen LogP contribution is -2.06. The summed E-state index contributed by atoms with van der Waals surface area (Å²) in [5, 5.41) is 6.61. The molecule has 3 rings (SSSR count). The molecule has 3 aromatic carbocycles. The minimum absolute atomic E-state index is 0.115. The third-order valence-corrected chi connectivity index (χ3v) is 4.29. The molecule has 0 spiro atoms. The van der Waals surface area contributed by atoms with Crippen molar-refractivity contribution in [3.8, 4) is 5.75 Å². The standard InChI is InChI=1S/C22H20ClFN2O2/c1-15(27)26-20-9-7-19(8-10-20)25-13-17-12-18(23)6-11-22(17)28-14-16-4-2-3-5-21(16)24/h2-12,25H,13-14H2,1H3,(H,26,27). The van der Waals surface area contributed by atoms with Gasteiger partial charge in [0.25, 0.3) is 0 Å². The Labute approximate surface area is 168 Å². The summed E-state index contributed by atoms with van der Waals surface area (Å²) in [6.07, 6.45) is 0. The Bertz CT molecular complexity index is 961. The van der Waals surface area contributed by atoms with E-state index in [1.807, 2.05) is 30.3 Å². The molecule has 0 aliphatic carbocycles. The van der Waals surface area contributed by atoms with Crippen LogP contribution in [0.2, 0.25) is 5.02 Å². The van der Waals surface area contributed by atoms with Crippen molar-refractivity contribution < 1.29 is 13.9 Å². The first-order valence-corrected chi connectivity index (χ1v) is 9.15. The van der Waals surface area contributed by atoms with E-state index < -0.39 is 0 Å². The third-order valence-electron chi connectivity index (χ3n) is 4.05. The highest BCUT2D eigenvalue weighted by atomic mass is 35.5. The van der Waals surface area contributed by atoms with E-state index in [0.29, 0.717) is 22.9 Å². The Kier molecular flexibility index (Phi) is 6.50. The number of hydrogen-bond donors (Lipinski definition) is 2. The number of halogens is 2. The van der Waals surface area contributed by atoms with Gasteiger partial charge in [0.2, 0.25) is 5.91 Å². The summed E-state index contributed by atoms with van der Waals surface area (Å²) in [6, 6.07) is 19.2. The predicted octanol–water partition coefficient (Wildman–Crippen LogP) is 5.63. The van der Waals surface area contributed by atoms with Crippen LogP contribution in [0.1, 0.15) is 18.1 Å². The van der Waals surface area contributed by atoms with Gasteiger partial charge in [-0.25, -0.2) is 4.39 Å². The van der Waals surface area contributed by atoms with Crippen molar-refractivity contribution in [2.45, 2.75) is 20.1 Å². The quantitative estimate of drug-likeness (QED) is 0.542. The SMILES string of the molecule is CC(=O)Nc1ccc(NCc2cc(Cl)ccc2OCc2ccccc2F)cc1. The van der Waals surface area contributed by atoms with Gasteiger partial charge in [-0.3, -0.25) is 4.79 Å². The highest BCUT2D eigenvalue weighted by Crippen LogP contribution is 2.25. The Morgan fingerprint density at radius 1 is 1.00 bits per heavy atom. The van der Waals surface area contributed by atoms with Gasteiger partial charge in [0, 0.05) is 41.0 Å². The molecule has 0 bridgehead atoms. The summed E-state index contributed by atoms with van der Waals surface area (Å²) in [6.45, 7) is 2.08. The van der Waals surface area contributed by atoms with Crippen LogP contribution in [-0.4, -0.2) is 5.91 Å². The lowest BCUT2D eigenvalue weighted by atomic mass is 10.2. The van der Waals surface area contributed by atoms with Crippen LogP contribution >= 0.6 is 11.6 Å². The zero-order valence-electron chi connectivity index (χ0n) is 15.3. The molecular formula is C22H20ClFN2O2. The molecule has 144 valence electrons. The maximum atomic E-state index is 13.8. The molecule has 0 saturated heterocycles. The highest BCUT2D eigenvalue weighted by Gasteiger charge is 2.08. The molecule has 2 N–H and O–H groups in total. The van der Waals surface area contributed by atoms with Crippen molar-refractivity contribution in [3.63, 3.8) is 0 Å². The Morgan fingerprint density at radius 2 is 1.71 bits per heavy atom. The van der Waals surface area contributed by atoms with Crippen molar-refractivity contribution in [3.05, 3.63) is 88.7 Å². The second-order valence-corrected chi connectivity index (χ2v) is 6.68. The van der Waals surface area contributed by atoms with Crippen molar-refractivity contribution in [2.24, 2.45) is 0 Å². The number of rotatable bonds is 7. The van der Waals surface area contributed by atoms with Crippen LogP contribution < -0.4 is 15.4 Å². The molecule has 0 aromatic heterocycles. The van der Waals surface area contributed by atoms with Crippen LogP contribution in [0.3, 0.4) is 0 Å². The van der Waals surface area contributed by atoms with Gasteiger partial charge in [0.05, 0.1) is 0 Å².